The van der Waals surface area contributed by atoms with Crippen molar-refractivity contribution in [3.63, 3.8) is 0 Å². The predicted molar refractivity (Wildman–Crippen MR) is 579 cm³/mol. The van der Waals surface area contributed by atoms with Gasteiger partial charge in [0, 0.05) is 197 Å². The first-order chi connectivity index (χ1) is 70.1. The van der Waals surface area contributed by atoms with Crippen molar-refractivity contribution in [1.29, 1.82) is 0 Å². The maximum absolute atomic E-state index is 12.5. The number of Topliss-reactive ketones (excluding diaryl/α,β-unsaturated/α-hetero) is 2. The van der Waals surface area contributed by atoms with Crippen LogP contribution in [0.2, 0.25) is 0 Å². The van der Waals surface area contributed by atoms with Gasteiger partial charge in [0.2, 0.25) is 23.7 Å². The fraction of sp³-hybridized carbons (Fsp3) is 0.310. The van der Waals surface area contributed by atoms with E-state index in [0.29, 0.717) is 61.8 Å². The highest BCUT2D eigenvalue weighted by Crippen LogP contribution is 2.31. The third kappa shape index (κ3) is 30.7. The molecule has 4 aliphatic heterocycles. The van der Waals surface area contributed by atoms with Crippen molar-refractivity contribution in [1.82, 2.24) is 49.7 Å². The van der Waals surface area contributed by atoms with Crippen LogP contribution in [0.4, 0.5) is 57.4 Å². The lowest BCUT2D eigenvalue weighted by Gasteiger charge is -2.35. The fourth-order valence-electron chi connectivity index (χ4n) is 17.3. The number of nitrogens with zero attached hydrogens (tertiary/aromatic N) is 14. The topological polar surface area (TPSA) is 361 Å². The Hall–Kier alpha value is -14.7. The van der Waals surface area contributed by atoms with Gasteiger partial charge in [0.25, 0.3) is 0 Å². The van der Waals surface area contributed by atoms with E-state index in [1.54, 1.807) is 12.4 Å². The molecule has 4 aliphatic rings. The van der Waals surface area contributed by atoms with Crippen molar-refractivity contribution in [3.05, 3.63) is 349 Å². The summed E-state index contributed by atoms with van der Waals surface area (Å²) in [4.78, 5) is 101. The second-order valence-corrected chi connectivity index (χ2v) is 37.3. The van der Waals surface area contributed by atoms with E-state index in [2.05, 4.69) is 167 Å². The Balaban J connectivity index is 0.000000145. The van der Waals surface area contributed by atoms with Crippen LogP contribution >= 0.6 is 0 Å². The first-order valence-corrected chi connectivity index (χ1v) is 50.1. The zero-order valence-electron chi connectivity index (χ0n) is 83.3. The molecule has 144 heavy (non-hydrogen) atoms. The molecule has 28 nitrogen and oxygen atoms in total. The second-order valence-electron chi connectivity index (χ2n) is 37.3. The van der Waals surface area contributed by atoms with Crippen LogP contribution in [0.1, 0.15) is 86.6 Å². The van der Waals surface area contributed by atoms with Crippen LogP contribution in [0.3, 0.4) is 0 Å². The van der Waals surface area contributed by atoms with Crippen molar-refractivity contribution >= 4 is 80.8 Å². The Morgan fingerprint density at radius 2 is 0.597 bits per heavy atom. The zero-order chi connectivity index (χ0) is 100. The number of nitrogens with two attached hydrogens (primary N) is 4. The summed E-state index contributed by atoms with van der Waals surface area (Å²) >= 11 is 0. The molecule has 0 spiro atoms. The van der Waals surface area contributed by atoms with Gasteiger partial charge in [-0.2, -0.15) is 0 Å². The highest BCUT2D eigenvalue weighted by Gasteiger charge is 2.25. The molecule has 744 valence electrons. The Bertz CT molecular complexity index is 5980. The average Bonchev–Trinajstić information content (AvgIpc) is 0.842. The summed E-state index contributed by atoms with van der Waals surface area (Å²) in [5, 5.41) is 12.3. The van der Waals surface area contributed by atoms with Crippen LogP contribution in [0.5, 0.6) is 0 Å². The molecule has 10 aromatic carbocycles. The Kier molecular flexibility index (Phi) is 37.7. The molecule has 4 aromatic heterocycles. The van der Waals surface area contributed by atoms with Gasteiger partial charge < -0.3 is 83.1 Å². The average molecular weight is 1930 g/mol. The SMILES string of the molecule is CCN1CCN(c2ccc(Cc3nccc(-c4ccc(CC(=O)[C@@H](N)C(C)C)cc4)n3)cc2)CC1.CCN1CCN(c2ccc(Cc3nccc(-c4ccc(CC(=O)[C@H](N)C(C)C)cc4)n3)cc2)CC1.N[C@@H](Cc1ccccc1)C(=O)Nc1ccc(-c2ccnc(Nc3ccc(N4CCOCC4)cc3)n2)cc1.N[C@H](Cc1ccccc1)C(=O)Nc1ccc(-c2ccnc(Nc3ccc(N4CCOCC4)cc3)n2)cc1. The summed E-state index contributed by atoms with van der Waals surface area (Å²) in [7, 11) is 0. The molecule has 0 unspecified atom stereocenters. The van der Waals surface area contributed by atoms with E-state index in [9.17, 15) is 19.2 Å². The third-order valence-electron chi connectivity index (χ3n) is 26.3. The molecule has 2 amide bonds. The van der Waals surface area contributed by atoms with Gasteiger partial charge in [-0.1, -0.05) is 199 Å². The third-order valence-corrected chi connectivity index (χ3v) is 26.3. The van der Waals surface area contributed by atoms with Gasteiger partial charge in [0.1, 0.15) is 11.6 Å². The molecule has 8 heterocycles. The van der Waals surface area contributed by atoms with E-state index >= 15 is 0 Å². The number of hydrogen-bond donors (Lipinski definition) is 8. The number of carbonyl (C=O) groups is 4. The lowest BCUT2D eigenvalue weighted by Crippen LogP contribution is -2.46. The standard InChI is InChI=1S/2C29H30N6O2.2C29H37N5O/c2*30-26(20-21-4-2-1-3-5-21)28(36)32-23-8-6-22(7-9-23)27-14-15-31-29(34-27)33-24-10-12-25(13-11-24)35-16-18-37-19-17-35;2*1-4-33-15-17-34(18-16-33)25-11-7-23(8-12-25)20-28-31-14-13-26(32-28)24-9-5-22(6-10-24)19-27(35)29(30)21(2)3/h2*1-15,26H,16-20,30H2,(H,32,36)(H,31,33,34);2*5-14,21,29H,4,15-20,30H2,1-3H3/t2*26-;2*29-/m1010/s1. The van der Waals surface area contributed by atoms with E-state index in [4.69, 9.17) is 42.4 Å². The smallest absolute Gasteiger partial charge is 0.241 e. The summed E-state index contributed by atoms with van der Waals surface area (Å²) in [6.45, 7) is 30.1. The number of ketones is 2. The predicted octanol–water partition coefficient (Wildman–Crippen LogP) is 16.4. The van der Waals surface area contributed by atoms with Crippen LogP contribution in [0.25, 0.3) is 45.0 Å². The second kappa shape index (κ2) is 52.3. The normalized spacial score (nSPS) is 14.8. The van der Waals surface area contributed by atoms with Crippen LogP contribution in [-0.4, -0.2) is 215 Å². The number of carbonyl (C=O) groups excluding carboxylic acids is 4. The number of amides is 2. The molecule has 0 saturated carbocycles. The van der Waals surface area contributed by atoms with Gasteiger partial charge in [-0.25, -0.2) is 39.9 Å². The quantitative estimate of drug-likeness (QED) is 0.0186. The summed E-state index contributed by atoms with van der Waals surface area (Å²) in [6, 6.07) is 90.2. The van der Waals surface area contributed by atoms with Gasteiger partial charge in [0.05, 0.1) is 73.4 Å². The van der Waals surface area contributed by atoms with Crippen LogP contribution in [0.15, 0.2) is 304 Å². The van der Waals surface area contributed by atoms with Crippen LogP contribution in [0, 0.1) is 11.8 Å². The number of benzene rings is 10. The number of nitrogens with one attached hydrogen (secondary N) is 4. The summed E-state index contributed by atoms with van der Waals surface area (Å²) in [6.07, 6.45) is 10.2. The molecule has 4 saturated heterocycles. The van der Waals surface area contributed by atoms with Gasteiger partial charge in [-0.3, -0.25) is 19.2 Å². The van der Waals surface area contributed by atoms with Gasteiger partial charge in [0.15, 0.2) is 11.6 Å². The zero-order valence-corrected chi connectivity index (χ0v) is 83.3. The minimum absolute atomic E-state index is 0.0753. The van der Waals surface area contributed by atoms with Crippen molar-refractivity contribution < 1.29 is 28.7 Å². The molecule has 28 heteroatoms. The highest BCUT2D eigenvalue weighted by atomic mass is 16.5. The largest absolute Gasteiger partial charge is 0.378 e. The number of morpholine rings is 2. The summed E-state index contributed by atoms with van der Waals surface area (Å²) in [5.74, 6) is 2.64. The number of likely N-dealkylation sites (N-methyl/N-ethyl adjacent to an activating group) is 2. The first-order valence-electron chi connectivity index (χ1n) is 50.1. The van der Waals surface area contributed by atoms with Gasteiger partial charge in [-0.15, -0.1) is 0 Å². The Morgan fingerprint density at radius 3 is 0.917 bits per heavy atom. The Labute approximate surface area is 846 Å². The minimum atomic E-state index is -0.625. The van der Waals surface area contributed by atoms with Crippen LogP contribution in [-0.2, 0) is 67.2 Å². The molecular formula is C116H134N22O6. The van der Waals surface area contributed by atoms with Gasteiger partial charge >= 0.3 is 0 Å². The minimum Gasteiger partial charge on any atom is -0.378 e. The maximum atomic E-state index is 12.5. The van der Waals surface area contributed by atoms with Crippen molar-refractivity contribution in [2.45, 2.75) is 104 Å². The van der Waals surface area contributed by atoms with Crippen molar-refractivity contribution in [2.75, 3.05) is 159 Å². The molecule has 18 rings (SSSR count). The number of hydrogen-bond acceptors (Lipinski definition) is 26. The molecule has 4 fully saturated rings. The molecule has 4 atom stereocenters. The number of anilines is 10. The fourth-order valence-corrected chi connectivity index (χ4v) is 17.3. The van der Waals surface area contributed by atoms with E-state index < -0.39 is 24.2 Å². The van der Waals surface area contributed by atoms with Gasteiger partial charge in [-0.05, 0) is 192 Å². The molecule has 12 N–H and O–H groups in total. The molecule has 0 bridgehead atoms. The summed E-state index contributed by atoms with van der Waals surface area (Å²) < 4.78 is 10.9. The summed E-state index contributed by atoms with van der Waals surface area (Å²) in [5.41, 5.74) is 45.9. The monoisotopic (exact) mass is 1930 g/mol. The molecular weight excluding hydrogens is 1800 g/mol. The number of rotatable bonds is 34. The molecule has 0 aliphatic carbocycles. The Morgan fingerprint density at radius 1 is 0.312 bits per heavy atom. The highest BCUT2D eigenvalue weighted by molar-refractivity contribution is 5.96. The van der Waals surface area contributed by atoms with Crippen molar-refractivity contribution in [2.24, 2.45) is 34.8 Å². The first kappa shape index (κ1) is 104. The number of aromatic nitrogens is 8. The molecule has 14 aromatic rings. The van der Waals surface area contributed by atoms with E-state index in [1.807, 2.05) is 246 Å². The number of ether oxygens (including phenoxy) is 2. The lowest BCUT2D eigenvalue weighted by atomic mass is 9.95. The van der Waals surface area contributed by atoms with E-state index in [1.165, 1.54) is 33.9 Å². The number of piperazine rings is 2. The van der Waals surface area contributed by atoms with Crippen LogP contribution < -0.4 is 63.8 Å². The van der Waals surface area contributed by atoms with Crippen molar-refractivity contribution in [3.8, 4) is 45.0 Å². The van der Waals surface area contributed by atoms with E-state index in [-0.39, 0.29) is 35.2 Å². The molecule has 0 radical (unpaired) electrons. The van der Waals surface area contributed by atoms with E-state index in [0.717, 1.165) is 208 Å². The maximum Gasteiger partial charge on any atom is 0.241 e. The lowest BCUT2D eigenvalue weighted by molar-refractivity contribution is -0.121.